The van der Waals surface area contributed by atoms with Crippen LogP contribution in [0.3, 0.4) is 0 Å². The van der Waals surface area contributed by atoms with Crippen LogP contribution in [0.2, 0.25) is 0 Å². The maximum Gasteiger partial charge on any atom is 0.0594 e. The Morgan fingerprint density at radius 3 is 2.12 bits per heavy atom. The number of rotatable bonds is 4. The van der Waals surface area contributed by atoms with E-state index in [-0.39, 0.29) is 0 Å². The average molecular weight is 227 g/mol. The van der Waals surface area contributed by atoms with Crippen LogP contribution in [0.15, 0.2) is 0 Å². The van der Waals surface area contributed by atoms with Crippen molar-refractivity contribution in [1.29, 1.82) is 0 Å². The molecule has 2 heterocycles. The maximum absolute atomic E-state index is 5.35. The lowest BCUT2D eigenvalue weighted by atomic mass is 10.2. The fourth-order valence-electron chi connectivity index (χ4n) is 2.28. The molecule has 2 fully saturated rings. The zero-order chi connectivity index (χ0) is 11.2. The van der Waals surface area contributed by atoms with E-state index in [0.29, 0.717) is 6.04 Å². The van der Waals surface area contributed by atoms with Crippen LogP contribution in [0.4, 0.5) is 0 Å². The molecule has 2 aliphatic heterocycles. The van der Waals surface area contributed by atoms with Gasteiger partial charge in [0.25, 0.3) is 0 Å². The second-order valence-electron chi connectivity index (χ2n) is 4.54. The van der Waals surface area contributed by atoms with E-state index in [4.69, 9.17) is 9.47 Å². The summed E-state index contributed by atoms with van der Waals surface area (Å²) in [5.74, 6) is 0. The fourth-order valence-corrected chi connectivity index (χ4v) is 2.28. The van der Waals surface area contributed by atoms with E-state index in [1.54, 1.807) is 0 Å². The number of hydrogen-bond acceptors (Lipinski definition) is 4. The molecule has 0 aromatic carbocycles. The minimum absolute atomic E-state index is 0.437. The van der Waals surface area contributed by atoms with Gasteiger partial charge >= 0.3 is 0 Å². The normalized spacial score (nSPS) is 26.8. The molecule has 0 aromatic heterocycles. The Kier molecular flexibility index (Phi) is 5.03. The molecule has 2 rings (SSSR count). The van der Waals surface area contributed by atoms with Crippen LogP contribution in [-0.2, 0) is 9.47 Å². The van der Waals surface area contributed by atoms with Crippen molar-refractivity contribution < 1.29 is 9.47 Å². The Bertz CT molecular complexity index is 189. The molecular formula is C12H23N2O2. The third kappa shape index (κ3) is 3.70. The first-order chi connectivity index (χ1) is 7.86. The third-order valence-electron chi connectivity index (χ3n) is 3.44. The molecule has 1 atom stereocenters. The lowest BCUT2D eigenvalue weighted by molar-refractivity contribution is 0.0136. The maximum atomic E-state index is 5.35. The summed E-state index contributed by atoms with van der Waals surface area (Å²) in [4.78, 5) is 4.91. The van der Waals surface area contributed by atoms with Crippen LogP contribution in [0.1, 0.15) is 6.42 Å². The lowest BCUT2D eigenvalue weighted by Gasteiger charge is -2.34. The summed E-state index contributed by atoms with van der Waals surface area (Å²) in [7, 11) is 0. The monoisotopic (exact) mass is 227 g/mol. The van der Waals surface area contributed by atoms with Gasteiger partial charge in [0.1, 0.15) is 0 Å². The van der Waals surface area contributed by atoms with Gasteiger partial charge in [0.05, 0.1) is 26.4 Å². The highest BCUT2D eigenvalue weighted by molar-refractivity contribution is 4.77. The van der Waals surface area contributed by atoms with Crippen LogP contribution in [0.5, 0.6) is 0 Å². The Labute approximate surface area is 98.5 Å². The van der Waals surface area contributed by atoms with Gasteiger partial charge in [-0.2, -0.15) is 0 Å². The average Bonchev–Trinajstić information content (AvgIpc) is 2.38. The van der Waals surface area contributed by atoms with Crippen molar-refractivity contribution in [3.63, 3.8) is 0 Å². The van der Waals surface area contributed by atoms with Gasteiger partial charge in [-0.05, 0) is 19.9 Å². The zero-order valence-electron chi connectivity index (χ0n) is 10.1. The van der Waals surface area contributed by atoms with Gasteiger partial charge in [-0.25, -0.2) is 0 Å². The van der Waals surface area contributed by atoms with Crippen LogP contribution < -0.4 is 0 Å². The van der Waals surface area contributed by atoms with Crippen molar-refractivity contribution in [2.45, 2.75) is 12.5 Å². The largest absolute Gasteiger partial charge is 0.379 e. The Morgan fingerprint density at radius 1 is 0.938 bits per heavy atom. The highest BCUT2D eigenvalue weighted by atomic mass is 16.5. The molecule has 0 saturated carbocycles. The summed E-state index contributed by atoms with van der Waals surface area (Å²) >= 11 is 0. The zero-order valence-corrected chi connectivity index (χ0v) is 10.1. The number of morpholine rings is 2. The van der Waals surface area contributed by atoms with E-state index in [1.165, 1.54) is 0 Å². The second kappa shape index (κ2) is 6.55. The number of hydrogen-bond donors (Lipinski definition) is 0. The SMILES string of the molecule is [CH2]C(CCN1CCOCC1)N1CCOCC1. The minimum Gasteiger partial charge on any atom is -0.379 e. The highest BCUT2D eigenvalue weighted by Gasteiger charge is 2.18. The smallest absolute Gasteiger partial charge is 0.0594 e. The Morgan fingerprint density at radius 2 is 1.50 bits per heavy atom. The summed E-state index contributed by atoms with van der Waals surface area (Å²) in [5.41, 5.74) is 0. The Balaban J connectivity index is 1.63. The first kappa shape index (κ1) is 12.3. The highest BCUT2D eigenvalue weighted by Crippen LogP contribution is 2.08. The van der Waals surface area contributed by atoms with E-state index in [2.05, 4.69) is 16.7 Å². The molecule has 0 amide bonds. The van der Waals surface area contributed by atoms with E-state index in [0.717, 1.165) is 65.6 Å². The summed E-state index contributed by atoms with van der Waals surface area (Å²) in [6.45, 7) is 13.1. The summed E-state index contributed by atoms with van der Waals surface area (Å²) in [5, 5.41) is 0. The topological polar surface area (TPSA) is 24.9 Å². The number of ether oxygens (including phenoxy) is 2. The molecule has 93 valence electrons. The van der Waals surface area contributed by atoms with Crippen LogP contribution in [0, 0.1) is 6.92 Å². The molecule has 0 spiro atoms. The van der Waals surface area contributed by atoms with Crippen LogP contribution in [-0.4, -0.2) is 75.0 Å². The van der Waals surface area contributed by atoms with Gasteiger partial charge in [-0.1, -0.05) is 0 Å². The van der Waals surface area contributed by atoms with Crippen molar-refractivity contribution in [2.24, 2.45) is 0 Å². The second-order valence-corrected chi connectivity index (χ2v) is 4.54. The molecule has 2 saturated heterocycles. The van der Waals surface area contributed by atoms with Gasteiger partial charge in [0.15, 0.2) is 0 Å². The third-order valence-corrected chi connectivity index (χ3v) is 3.44. The first-order valence-corrected chi connectivity index (χ1v) is 6.31. The lowest BCUT2D eigenvalue weighted by Crippen LogP contribution is -2.44. The minimum atomic E-state index is 0.437. The molecule has 4 nitrogen and oxygen atoms in total. The summed E-state index contributed by atoms with van der Waals surface area (Å²) < 4.78 is 10.7. The van der Waals surface area contributed by atoms with E-state index in [1.807, 2.05) is 0 Å². The van der Waals surface area contributed by atoms with E-state index >= 15 is 0 Å². The predicted octanol–water partition coefficient (Wildman–Crippen LogP) is 0.244. The molecule has 16 heavy (non-hydrogen) atoms. The van der Waals surface area contributed by atoms with Crippen molar-refractivity contribution in [2.75, 3.05) is 59.2 Å². The van der Waals surface area contributed by atoms with Gasteiger partial charge < -0.3 is 9.47 Å². The molecular weight excluding hydrogens is 204 g/mol. The predicted molar refractivity (Wildman–Crippen MR) is 63.4 cm³/mol. The first-order valence-electron chi connectivity index (χ1n) is 6.31. The van der Waals surface area contributed by atoms with Crippen molar-refractivity contribution in [1.82, 2.24) is 9.80 Å². The Hall–Kier alpha value is -0.160. The molecule has 0 bridgehead atoms. The standard InChI is InChI=1S/C12H23N2O2/c1-12(14-6-10-16-11-7-14)2-3-13-4-8-15-9-5-13/h12H,1-11H2. The van der Waals surface area contributed by atoms with Crippen molar-refractivity contribution in [3.05, 3.63) is 6.92 Å². The van der Waals surface area contributed by atoms with Crippen molar-refractivity contribution >= 4 is 0 Å². The van der Waals surface area contributed by atoms with E-state index in [9.17, 15) is 0 Å². The van der Waals surface area contributed by atoms with Gasteiger partial charge in [-0.15, -0.1) is 0 Å². The fraction of sp³-hybridized carbons (Fsp3) is 0.917. The molecule has 2 aliphatic rings. The van der Waals surface area contributed by atoms with E-state index < -0.39 is 0 Å². The summed E-state index contributed by atoms with van der Waals surface area (Å²) in [6.07, 6.45) is 1.15. The molecule has 1 radical (unpaired) electrons. The molecule has 4 heteroatoms. The molecule has 0 aliphatic carbocycles. The molecule has 0 aromatic rings. The van der Waals surface area contributed by atoms with Gasteiger partial charge in [0, 0.05) is 32.2 Å². The van der Waals surface area contributed by atoms with Crippen LogP contribution in [0.25, 0.3) is 0 Å². The van der Waals surface area contributed by atoms with Crippen molar-refractivity contribution in [3.8, 4) is 0 Å². The molecule has 1 unspecified atom stereocenters. The summed E-state index contributed by atoms with van der Waals surface area (Å²) in [6, 6.07) is 0.437. The number of nitrogens with zero attached hydrogens (tertiary/aromatic N) is 2. The van der Waals surface area contributed by atoms with Crippen LogP contribution >= 0.6 is 0 Å². The molecule has 0 N–H and O–H groups in total. The van der Waals surface area contributed by atoms with Gasteiger partial charge in [0.2, 0.25) is 0 Å². The van der Waals surface area contributed by atoms with Gasteiger partial charge in [-0.3, -0.25) is 9.80 Å². The quantitative estimate of drug-likeness (QED) is 0.687.